The van der Waals surface area contributed by atoms with Gasteiger partial charge in [0.2, 0.25) is 10.0 Å². The summed E-state index contributed by atoms with van der Waals surface area (Å²) in [5.74, 6) is 0. The third kappa shape index (κ3) is 4.04. The van der Waals surface area contributed by atoms with Crippen LogP contribution in [0.15, 0.2) is 29.2 Å². The standard InChI is InChI=1S/C15H24N2O2S/c1-12(16)13-8-10-15(11-9-13)20(18,19)17-14-6-4-2-3-5-7-14/h8-12,14,17H,2-7,16H2,1H3. The molecule has 0 spiro atoms. The fraction of sp³-hybridized carbons (Fsp3) is 0.600. The van der Waals surface area contributed by atoms with Crippen molar-refractivity contribution < 1.29 is 8.42 Å². The van der Waals surface area contributed by atoms with E-state index in [1.165, 1.54) is 12.8 Å². The average molecular weight is 296 g/mol. The maximum atomic E-state index is 12.4. The van der Waals surface area contributed by atoms with Gasteiger partial charge in [0.15, 0.2) is 0 Å². The molecule has 0 aromatic heterocycles. The SMILES string of the molecule is CC(N)c1ccc(S(=O)(=O)NC2CCCCCC2)cc1. The average Bonchev–Trinajstić information content (AvgIpc) is 2.67. The second-order valence-corrected chi connectivity index (χ2v) is 7.38. The zero-order valence-corrected chi connectivity index (χ0v) is 12.8. The summed E-state index contributed by atoms with van der Waals surface area (Å²) in [5.41, 5.74) is 6.72. The summed E-state index contributed by atoms with van der Waals surface area (Å²) in [6, 6.07) is 6.84. The lowest BCUT2D eigenvalue weighted by atomic mass is 10.1. The number of nitrogens with two attached hydrogens (primary N) is 1. The molecule has 1 aliphatic rings. The molecule has 4 nitrogen and oxygen atoms in total. The molecule has 0 amide bonds. The summed E-state index contributed by atoms with van der Waals surface area (Å²) in [4.78, 5) is 0.325. The van der Waals surface area contributed by atoms with Crippen LogP contribution < -0.4 is 10.5 Å². The second kappa shape index (κ2) is 6.70. The highest BCUT2D eigenvalue weighted by Crippen LogP contribution is 2.20. The van der Waals surface area contributed by atoms with Crippen LogP contribution in [0.4, 0.5) is 0 Å². The molecule has 0 saturated heterocycles. The Bertz CT molecular complexity index is 515. The molecule has 1 aromatic rings. The zero-order valence-electron chi connectivity index (χ0n) is 12.0. The lowest BCUT2D eigenvalue weighted by Gasteiger charge is -2.16. The fourth-order valence-corrected chi connectivity index (χ4v) is 3.94. The highest BCUT2D eigenvalue weighted by Gasteiger charge is 2.21. The molecule has 1 saturated carbocycles. The van der Waals surface area contributed by atoms with Crippen molar-refractivity contribution in [2.24, 2.45) is 5.73 Å². The Labute approximate surface area is 121 Å². The maximum Gasteiger partial charge on any atom is 0.240 e. The summed E-state index contributed by atoms with van der Waals surface area (Å²) in [6.45, 7) is 1.88. The highest BCUT2D eigenvalue weighted by molar-refractivity contribution is 7.89. The first kappa shape index (κ1) is 15.5. The van der Waals surface area contributed by atoms with Crippen molar-refractivity contribution in [2.75, 3.05) is 0 Å². The fourth-order valence-electron chi connectivity index (χ4n) is 2.64. The predicted octanol–water partition coefficient (Wildman–Crippen LogP) is 2.71. The molecule has 5 heteroatoms. The van der Waals surface area contributed by atoms with Gasteiger partial charge in [-0.15, -0.1) is 0 Å². The monoisotopic (exact) mass is 296 g/mol. The highest BCUT2D eigenvalue weighted by atomic mass is 32.2. The van der Waals surface area contributed by atoms with Crippen molar-refractivity contribution in [1.82, 2.24) is 4.72 Å². The summed E-state index contributed by atoms with van der Waals surface area (Å²) >= 11 is 0. The van der Waals surface area contributed by atoms with Crippen LogP contribution in [0, 0.1) is 0 Å². The van der Waals surface area contributed by atoms with E-state index in [4.69, 9.17) is 5.73 Å². The minimum absolute atomic E-state index is 0.0793. The topological polar surface area (TPSA) is 72.2 Å². The van der Waals surface area contributed by atoms with Crippen molar-refractivity contribution in [3.8, 4) is 0 Å². The van der Waals surface area contributed by atoms with Gasteiger partial charge < -0.3 is 5.73 Å². The Balaban J connectivity index is 2.09. The van der Waals surface area contributed by atoms with Gasteiger partial charge in [-0.1, -0.05) is 37.8 Å². The van der Waals surface area contributed by atoms with Gasteiger partial charge in [0.25, 0.3) is 0 Å². The van der Waals surface area contributed by atoms with Crippen LogP contribution in [0.1, 0.15) is 57.1 Å². The molecule has 3 N–H and O–H groups in total. The van der Waals surface area contributed by atoms with Gasteiger partial charge in [-0.05, 0) is 37.5 Å². The van der Waals surface area contributed by atoms with E-state index in [0.717, 1.165) is 31.2 Å². The number of sulfonamides is 1. The van der Waals surface area contributed by atoms with Crippen LogP contribution >= 0.6 is 0 Å². The van der Waals surface area contributed by atoms with Crippen molar-refractivity contribution >= 4 is 10.0 Å². The van der Waals surface area contributed by atoms with Gasteiger partial charge in [-0.2, -0.15) is 0 Å². The molecule has 1 aliphatic carbocycles. The quantitative estimate of drug-likeness (QED) is 0.839. The molecule has 0 radical (unpaired) electrons. The van der Waals surface area contributed by atoms with Crippen LogP contribution in [0.5, 0.6) is 0 Å². The Hall–Kier alpha value is -0.910. The first-order chi connectivity index (χ1) is 9.49. The van der Waals surface area contributed by atoms with Gasteiger partial charge in [-0.3, -0.25) is 0 Å². The lowest BCUT2D eigenvalue weighted by molar-refractivity contribution is 0.510. The molecule has 1 fully saturated rings. The van der Waals surface area contributed by atoms with E-state index >= 15 is 0 Å². The molecule has 0 aliphatic heterocycles. The molecule has 112 valence electrons. The lowest BCUT2D eigenvalue weighted by Crippen LogP contribution is -2.34. The molecular formula is C15H24N2O2S. The van der Waals surface area contributed by atoms with Crippen LogP contribution in [-0.2, 0) is 10.0 Å². The van der Waals surface area contributed by atoms with Gasteiger partial charge in [0.1, 0.15) is 0 Å². The van der Waals surface area contributed by atoms with Crippen molar-refractivity contribution in [3.63, 3.8) is 0 Å². The van der Waals surface area contributed by atoms with Crippen LogP contribution in [0.25, 0.3) is 0 Å². The van der Waals surface area contributed by atoms with Gasteiger partial charge in [0, 0.05) is 12.1 Å². The zero-order chi connectivity index (χ0) is 14.6. The van der Waals surface area contributed by atoms with Crippen LogP contribution in [-0.4, -0.2) is 14.5 Å². The number of benzene rings is 1. The molecule has 1 atom stereocenters. The van der Waals surface area contributed by atoms with Crippen molar-refractivity contribution in [1.29, 1.82) is 0 Å². The minimum Gasteiger partial charge on any atom is -0.324 e. The van der Waals surface area contributed by atoms with Crippen LogP contribution in [0.3, 0.4) is 0 Å². The number of rotatable bonds is 4. The van der Waals surface area contributed by atoms with E-state index in [2.05, 4.69) is 4.72 Å². The summed E-state index contributed by atoms with van der Waals surface area (Å²) in [6.07, 6.45) is 6.52. The van der Waals surface area contributed by atoms with Crippen molar-refractivity contribution in [3.05, 3.63) is 29.8 Å². The molecule has 1 unspecified atom stereocenters. The minimum atomic E-state index is -3.41. The number of hydrogen-bond donors (Lipinski definition) is 2. The molecule has 20 heavy (non-hydrogen) atoms. The number of nitrogens with one attached hydrogen (secondary N) is 1. The molecule has 0 heterocycles. The van der Waals surface area contributed by atoms with Crippen LogP contribution in [0.2, 0.25) is 0 Å². The molecular weight excluding hydrogens is 272 g/mol. The van der Waals surface area contributed by atoms with E-state index in [1.54, 1.807) is 24.3 Å². The summed E-state index contributed by atoms with van der Waals surface area (Å²) in [5, 5.41) is 0. The Kier molecular flexibility index (Phi) is 5.18. The number of hydrogen-bond acceptors (Lipinski definition) is 3. The van der Waals surface area contributed by atoms with Gasteiger partial charge in [-0.25, -0.2) is 13.1 Å². The first-order valence-corrected chi connectivity index (χ1v) is 8.85. The summed E-state index contributed by atoms with van der Waals surface area (Å²) < 4.78 is 27.5. The van der Waals surface area contributed by atoms with E-state index in [-0.39, 0.29) is 12.1 Å². The van der Waals surface area contributed by atoms with E-state index < -0.39 is 10.0 Å². The van der Waals surface area contributed by atoms with E-state index in [0.29, 0.717) is 4.90 Å². The van der Waals surface area contributed by atoms with Crippen molar-refractivity contribution in [2.45, 2.75) is 62.4 Å². The Morgan fingerprint density at radius 1 is 1.10 bits per heavy atom. The molecule has 2 rings (SSSR count). The van der Waals surface area contributed by atoms with E-state index in [1.807, 2.05) is 6.92 Å². The molecule has 1 aromatic carbocycles. The Morgan fingerprint density at radius 3 is 2.15 bits per heavy atom. The third-order valence-corrected chi connectivity index (χ3v) is 5.43. The third-order valence-electron chi connectivity index (χ3n) is 3.89. The summed E-state index contributed by atoms with van der Waals surface area (Å²) in [7, 11) is -3.41. The van der Waals surface area contributed by atoms with Gasteiger partial charge >= 0.3 is 0 Å². The second-order valence-electron chi connectivity index (χ2n) is 5.67. The largest absolute Gasteiger partial charge is 0.324 e. The maximum absolute atomic E-state index is 12.4. The predicted molar refractivity (Wildman–Crippen MR) is 80.9 cm³/mol. The molecule has 0 bridgehead atoms. The smallest absolute Gasteiger partial charge is 0.240 e. The Morgan fingerprint density at radius 2 is 1.65 bits per heavy atom. The normalized spacial score (nSPS) is 19.5. The van der Waals surface area contributed by atoms with Gasteiger partial charge in [0.05, 0.1) is 4.90 Å². The first-order valence-electron chi connectivity index (χ1n) is 7.37. The van der Waals surface area contributed by atoms with E-state index in [9.17, 15) is 8.42 Å².